The molecule has 33 heavy (non-hydrogen) atoms. The molecule has 0 radical (unpaired) electrons. The van der Waals surface area contributed by atoms with Gasteiger partial charge in [0.05, 0.1) is 48.7 Å². The van der Waals surface area contributed by atoms with Crippen molar-refractivity contribution in [3.8, 4) is 17.2 Å². The molecule has 0 saturated heterocycles. The van der Waals surface area contributed by atoms with Crippen molar-refractivity contribution in [1.29, 1.82) is 0 Å². The average molecular weight is 467 g/mol. The Kier molecular flexibility index (Phi) is 5.93. The van der Waals surface area contributed by atoms with Crippen molar-refractivity contribution in [2.24, 2.45) is 0 Å². The third-order valence-electron chi connectivity index (χ3n) is 5.19. The highest BCUT2D eigenvalue weighted by atomic mass is 35.5. The molecule has 0 fully saturated rings. The van der Waals surface area contributed by atoms with Crippen molar-refractivity contribution in [3.63, 3.8) is 0 Å². The molecular weight excluding hydrogens is 448 g/mol. The van der Waals surface area contributed by atoms with E-state index < -0.39 is 17.7 Å². The highest BCUT2D eigenvalue weighted by Gasteiger charge is 2.37. The lowest BCUT2D eigenvalue weighted by molar-refractivity contribution is 0.0924. The normalized spacial score (nSPS) is 12.4. The minimum absolute atomic E-state index is 0.126. The highest BCUT2D eigenvalue weighted by molar-refractivity contribution is 6.40. The van der Waals surface area contributed by atoms with E-state index in [0.717, 1.165) is 4.90 Å². The van der Waals surface area contributed by atoms with Crippen LogP contribution in [0.15, 0.2) is 54.6 Å². The Hall–Kier alpha value is -4.04. The van der Waals surface area contributed by atoms with Gasteiger partial charge in [-0.25, -0.2) is 4.90 Å². The largest absolute Gasteiger partial charge is 0.496 e. The van der Waals surface area contributed by atoms with Gasteiger partial charge in [-0.05, 0) is 30.3 Å². The van der Waals surface area contributed by atoms with Crippen LogP contribution in [0.2, 0.25) is 5.02 Å². The van der Waals surface area contributed by atoms with E-state index in [4.69, 9.17) is 25.8 Å². The van der Waals surface area contributed by atoms with Crippen molar-refractivity contribution < 1.29 is 28.6 Å². The van der Waals surface area contributed by atoms with Gasteiger partial charge in [-0.3, -0.25) is 14.4 Å². The molecule has 0 aromatic heterocycles. The smallest absolute Gasteiger partial charge is 0.266 e. The fourth-order valence-electron chi connectivity index (χ4n) is 3.58. The van der Waals surface area contributed by atoms with E-state index in [0.29, 0.717) is 34.1 Å². The summed E-state index contributed by atoms with van der Waals surface area (Å²) in [7, 11) is 4.38. The maximum absolute atomic E-state index is 12.9. The molecule has 1 N–H and O–H groups in total. The third-order valence-corrected chi connectivity index (χ3v) is 5.49. The number of nitrogens with zero attached hydrogens (tertiary/aromatic N) is 1. The minimum atomic E-state index is -0.475. The first-order valence-corrected chi connectivity index (χ1v) is 10.2. The molecule has 3 aromatic rings. The van der Waals surface area contributed by atoms with Gasteiger partial charge in [0.15, 0.2) is 11.5 Å². The molecule has 1 aliphatic heterocycles. The van der Waals surface area contributed by atoms with Gasteiger partial charge in [0.2, 0.25) is 0 Å². The fourth-order valence-corrected chi connectivity index (χ4v) is 3.84. The van der Waals surface area contributed by atoms with Crippen LogP contribution < -0.4 is 24.4 Å². The van der Waals surface area contributed by atoms with E-state index in [1.54, 1.807) is 36.4 Å². The van der Waals surface area contributed by atoms with Crippen LogP contribution in [0.25, 0.3) is 0 Å². The number of hydrogen-bond donors (Lipinski definition) is 1. The molecule has 0 unspecified atom stereocenters. The lowest BCUT2D eigenvalue weighted by Gasteiger charge is -2.17. The zero-order valence-electron chi connectivity index (χ0n) is 18.0. The summed E-state index contributed by atoms with van der Waals surface area (Å²) >= 11 is 6.40. The van der Waals surface area contributed by atoms with Gasteiger partial charge in [-0.15, -0.1) is 0 Å². The number of carbonyl (C=O) groups excluding carboxylic acids is 3. The van der Waals surface area contributed by atoms with Gasteiger partial charge in [0, 0.05) is 17.8 Å². The predicted molar refractivity (Wildman–Crippen MR) is 123 cm³/mol. The number of halogens is 1. The van der Waals surface area contributed by atoms with Gasteiger partial charge >= 0.3 is 0 Å². The van der Waals surface area contributed by atoms with Crippen LogP contribution in [0, 0.1) is 0 Å². The SMILES string of the molecule is COc1cc(OC)c(C(=O)Nc2ccc(N3C(=O)c4ccccc4C3=O)c(Cl)c2)cc1OC. The Bertz CT molecular complexity index is 1250. The zero-order chi connectivity index (χ0) is 23.7. The van der Waals surface area contributed by atoms with E-state index in [-0.39, 0.29) is 16.3 Å². The molecule has 0 atom stereocenters. The summed E-state index contributed by atoms with van der Waals surface area (Å²) in [6.07, 6.45) is 0. The standard InChI is InChI=1S/C24H19ClN2O6/c1-31-19-12-21(33-3)20(32-2)11-16(19)22(28)26-13-8-9-18(17(25)10-13)27-23(29)14-6-4-5-7-15(14)24(27)30/h4-12H,1-3H3,(H,26,28). The number of amides is 3. The maximum Gasteiger partial charge on any atom is 0.266 e. The number of carbonyl (C=O) groups is 3. The second kappa shape index (κ2) is 8.84. The third kappa shape index (κ3) is 3.85. The predicted octanol–water partition coefficient (Wildman–Crippen LogP) is 4.42. The number of hydrogen-bond acceptors (Lipinski definition) is 6. The average Bonchev–Trinajstić information content (AvgIpc) is 3.08. The number of rotatable bonds is 6. The van der Waals surface area contributed by atoms with Gasteiger partial charge in [-0.1, -0.05) is 23.7 Å². The second-order valence-corrected chi connectivity index (χ2v) is 7.43. The molecular formula is C24H19ClN2O6. The number of anilines is 2. The lowest BCUT2D eigenvalue weighted by atomic mass is 10.1. The molecule has 0 aliphatic carbocycles. The Morgan fingerprint density at radius 1 is 0.818 bits per heavy atom. The van der Waals surface area contributed by atoms with Crippen LogP contribution in [0.3, 0.4) is 0 Å². The molecule has 3 aromatic carbocycles. The molecule has 9 heteroatoms. The quantitative estimate of drug-likeness (QED) is 0.540. The van der Waals surface area contributed by atoms with E-state index >= 15 is 0 Å². The Morgan fingerprint density at radius 2 is 1.39 bits per heavy atom. The van der Waals surface area contributed by atoms with Crippen molar-refractivity contribution in [3.05, 3.63) is 76.3 Å². The number of fused-ring (bicyclic) bond motifs is 1. The molecule has 1 aliphatic rings. The highest BCUT2D eigenvalue weighted by Crippen LogP contribution is 2.37. The van der Waals surface area contributed by atoms with E-state index in [9.17, 15) is 14.4 Å². The minimum Gasteiger partial charge on any atom is -0.496 e. The topological polar surface area (TPSA) is 94.2 Å². The van der Waals surface area contributed by atoms with Crippen LogP contribution >= 0.6 is 11.6 Å². The monoisotopic (exact) mass is 466 g/mol. The first-order chi connectivity index (χ1) is 15.9. The van der Waals surface area contributed by atoms with Gasteiger partial charge in [-0.2, -0.15) is 0 Å². The van der Waals surface area contributed by atoms with E-state index in [2.05, 4.69) is 5.32 Å². The Morgan fingerprint density at radius 3 is 1.94 bits per heavy atom. The molecule has 3 amide bonds. The molecule has 168 valence electrons. The fraction of sp³-hybridized carbons (Fsp3) is 0.125. The number of nitrogens with one attached hydrogen (secondary N) is 1. The van der Waals surface area contributed by atoms with E-state index in [1.807, 2.05) is 0 Å². The van der Waals surface area contributed by atoms with Crippen molar-refractivity contribution in [2.75, 3.05) is 31.5 Å². The van der Waals surface area contributed by atoms with Crippen LogP contribution in [0.4, 0.5) is 11.4 Å². The molecule has 4 rings (SSSR count). The first kappa shape index (κ1) is 22.2. The van der Waals surface area contributed by atoms with Gasteiger partial charge < -0.3 is 19.5 Å². The zero-order valence-corrected chi connectivity index (χ0v) is 18.7. The lowest BCUT2D eigenvalue weighted by Crippen LogP contribution is -2.29. The Balaban J connectivity index is 1.61. The summed E-state index contributed by atoms with van der Waals surface area (Å²) in [4.78, 5) is 39.4. The van der Waals surface area contributed by atoms with Crippen molar-refractivity contribution in [2.45, 2.75) is 0 Å². The van der Waals surface area contributed by atoms with Crippen molar-refractivity contribution in [1.82, 2.24) is 0 Å². The first-order valence-electron chi connectivity index (χ1n) is 9.78. The number of methoxy groups -OCH3 is 3. The van der Waals surface area contributed by atoms with Gasteiger partial charge in [0.1, 0.15) is 5.75 Å². The molecule has 1 heterocycles. The van der Waals surface area contributed by atoms with Crippen molar-refractivity contribution >= 4 is 40.7 Å². The summed E-state index contributed by atoms with van der Waals surface area (Å²) in [6.45, 7) is 0. The summed E-state index contributed by atoms with van der Waals surface area (Å²) in [5.41, 5.74) is 1.44. The number of ether oxygens (including phenoxy) is 3. The number of imide groups is 1. The molecule has 8 nitrogen and oxygen atoms in total. The van der Waals surface area contributed by atoms with E-state index in [1.165, 1.54) is 39.5 Å². The van der Waals surface area contributed by atoms with Crippen LogP contribution in [-0.4, -0.2) is 39.1 Å². The second-order valence-electron chi connectivity index (χ2n) is 7.02. The summed E-state index contributed by atoms with van der Waals surface area (Å²) in [5.74, 6) is -0.313. The molecule has 0 spiro atoms. The van der Waals surface area contributed by atoms with Gasteiger partial charge in [0.25, 0.3) is 17.7 Å². The summed E-state index contributed by atoms with van der Waals surface area (Å²) < 4.78 is 15.8. The van der Waals surface area contributed by atoms with Crippen LogP contribution in [-0.2, 0) is 0 Å². The maximum atomic E-state index is 12.9. The van der Waals surface area contributed by atoms with Crippen LogP contribution in [0.1, 0.15) is 31.1 Å². The molecule has 0 bridgehead atoms. The summed E-state index contributed by atoms with van der Waals surface area (Å²) in [5, 5.41) is 2.86. The number of benzene rings is 3. The molecule has 0 saturated carbocycles. The summed E-state index contributed by atoms with van der Waals surface area (Å²) in [6, 6.07) is 14.1. The Labute approximate surface area is 194 Å². The van der Waals surface area contributed by atoms with Crippen LogP contribution in [0.5, 0.6) is 17.2 Å².